The Labute approximate surface area is 143 Å². The fraction of sp³-hybridized carbons (Fsp3) is 0.600. The number of carboxylic acids is 1. The van der Waals surface area contributed by atoms with Crippen LogP contribution in [0.3, 0.4) is 0 Å². The molecule has 4 heteroatoms. The molecule has 132 valence electrons. The van der Waals surface area contributed by atoms with Gasteiger partial charge in [0.25, 0.3) is 0 Å². The van der Waals surface area contributed by atoms with Crippen molar-refractivity contribution >= 4 is 12.3 Å². The Bertz CT molecular complexity index is 660. The fourth-order valence-electron chi connectivity index (χ4n) is 4.44. The van der Waals surface area contributed by atoms with Crippen LogP contribution in [-0.4, -0.2) is 22.5 Å². The summed E-state index contributed by atoms with van der Waals surface area (Å²) in [5.41, 5.74) is 0.601. The lowest BCUT2D eigenvalue weighted by Gasteiger charge is -2.49. The highest BCUT2D eigenvalue weighted by atomic mass is 16.4. The van der Waals surface area contributed by atoms with E-state index in [0.717, 1.165) is 25.5 Å². The van der Waals surface area contributed by atoms with Crippen molar-refractivity contribution in [2.24, 2.45) is 11.3 Å². The number of carboxylic acid groups (broad SMARTS) is 1. The van der Waals surface area contributed by atoms with E-state index in [1.54, 1.807) is 12.1 Å². The molecule has 1 aromatic rings. The number of phenolic OH excluding ortho intramolecular Hbond substituents is 1. The summed E-state index contributed by atoms with van der Waals surface area (Å²) in [5, 5.41) is 20.1. The summed E-state index contributed by atoms with van der Waals surface area (Å²) in [7, 11) is 0. The number of hydrogen-bond acceptors (Lipinski definition) is 3. The number of benzene rings is 1. The molecule has 24 heavy (non-hydrogen) atoms. The molecule has 1 aliphatic rings. The van der Waals surface area contributed by atoms with Gasteiger partial charge in [0.05, 0.1) is 5.56 Å². The third-order valence-electron chi connectivity index (χ3n) is 5.82. The van der Waals surface area contributed by atoms with Crippen molar-refractivity contribution < 1.29 is 19.8 Å². The number of aldehydes is 1. The van der Waals surface area contributed by atoms with Crippen molar-refractivity contribution in [1.82, 2.24) is 0 Å². The Balaban J connectivity index is 2.71. The second kappa shape index (κ2) is 6.23. The Morgan fingerprint density at radius 2 is 1.88 bits per heavy atom. The molecule has 0 heterocycles. The predicted octanol–water partition coefficient (Wildman–Crippen LogP) is 4.50. The van der Waals surface area contributed by atoms with Gasteiger partial charge in [-0.15, -0.1) is 0 Å². The maximum absolute atomic E-state index is 11.9. The van der Waals surface area contributed by atoms with Crippen LogP contribution in [-0.2, 0) is 10.2 Å². The van der Waals surface area contributed by atoms with Crippen molar-refractivity contribution in [2.45, 2.75) is 65.2 Å². The fourth-order valence-corrected chi connectivity index (χ4v) is 4.44. The SMILES string of the molecule is CC(C)c1cc(C(=O)O)c([C@@]2(C)CCCC(C)(C)[C@@H]2C=O)cc1O. The summed E-state index contributed by atoms with van der Waals surface area (Å²) in [6.07, 6.45) is 3.57. The normalized spacial score (nSPS) is 26.3. The molecule has 0 saturated heterocycles. The third-order valence-corrected chi connectivity index (χ3v) is 5.82. The maximum Gasteiger partial charge on any atom is 0.335 e. The lowest BCUT2D eigenvalue weighted by atomic mass is 9.54. The highest BCUT2D eigenvalue weighted by Gasteiger charge is 2.49. The van der Waals surface area contributed by atoms with Gasteiger partial charge >= 0.3 is 5.97 Å². The van der Waals surface area contributed by atoms with Gasteiger partial charge in [-0.3, -0.25) is 0 Å². The van der Waals surface area contributed by atoms with Gasteiger partial charge in [-0.05, 0) is 47.4 Å². The van der Waals surface area contributed by atoms with Crippen molar-refractivity contribution in [2.75, 3.05) is 0 Å². The first-order valence-electron chi connectivity index (χ1n) is 8.60. The van der Waals surface area contributed by atoms with Gasteiger partial charge in [0.1, 0.15) is 12.0 Å². The van der Waals surface area contributed by atoms with E-state index in [-0.39, 0.29) is 28.6 Å². The predicted molar refractivity (Wildman–Crippen MR) is 93.7 cm³/mol. The number of hydrogen-bond donors (Lipinski definition) is 2. The zero-order valence-electron chi connectivity index (χ0n) is 15.2. The second-order valence-corrected chi connectivity index (χ2v) is 8.29. The number of aromatic carboxylic acids is 1. The minimum absolute atomic E-state index is 0.0228. The highest BCUT2D eigenvalue weighted by Crippen LogP contribution is 2.53. The minimum Gasteiger partial charge on any atom is -0.508 e. The number of rotatable bonds is 4. The van der Waals surface area contributed by atoms with Crippen LogP contribution in [0.5, 0.6) is 5.75 Å². The molecule has 0 amide bonds. The van der Waals surface area contributed by atoms with Crippen LogP contribution < -0.4 is 0 Å². The minimum atomic E-state index is -1.01. The molecule has 0 unspecified atom stereocenters. The lowest BCUT2D eigenvalue weighted by molar-refractivity contribution is -0.119. The van der Waals surface area contributed by atoms with Gasteiger partial charge in [0.2, 0.25) is 0 Å². The summed E-state index contributed by atoms with van der Waals surface area (Å²) >= 11 is 0. The topological polar surface area (TPSA) is 74.6 Å². The molecular weight excluding hydrogens is 304 g/mol. The van der Waals surface area contributed by atoms with E-state index in [9.17, 15) is 19.8 Å². The Hall–Kier alpha value is -1.84. The smallest absolute Gasteiger partial charge is 0.335 e. The van der Waals surface area contributed by atoms with Gasteiger partial charge in [-0.2, -0.15) is 0 Å². The largest absolute Gasteiger partial charge is 0.508 e. The molecule has 1 fully saturated rings. The first kappa shape index (κ1) is 18.5. The first-order valence-corrected chi connectivity index (χ1v) is 8.60. The van der Waals surface area contributed by atoms with Gasteiger partial charge in [0, 0.05) is 11.3 Å². The summed E-state index contributed by atoms with van der Waals surface area (Å²) in [6.45, 7) is 9.92. The van der Waals surface area contributed by atoms with E-state index in [1.165, 1.54) is 0 Å². The molecule has 0 aromatic heterocycles. The molecule has 1 saturated carbocycles. The monoisotopic (exact) mass is 332 g/mol. The van der Waals surface area contributed by atoms with Crippen molar-refractivity contribution in [3.8, 4) is 5.75 Å². The maximum atomic E-state index is 11.9. The van der Waals surface area contributed by atoms with E-state index >= 15 is 0 Å². The molecule has 2 rings (SSSR count). The van der Waals surface area contributed by atoms with Gasteiger partial charge in [-0.25, -0.2) is 4.79 Å². The van der Waals surface area contributed by atoms with Crippen molar-refractivity contribution in [1.29, 1.82) is 0 Å². The van der Waals surface area contributed by atoms with E-state index < -0.39 is 11.4 Å². The standard InChI is InChI=1S/C20H28O4/c1-12(2)13-9-14(18(23)24)15(10-16(13)22)20(5)8-6-7-19(3,4)17(20)11-21/h9-12,17,22H,6-8H2,1-5H3,(H,23,24)/t17-,20+/m0/s1. The summed E-state index contributed by atoms with van der Waals surface area (Å²) in [4.78, 5) is 23.8. The quantitative estimate of drug-likeness (QED) is 0.796. The average Bonchev–Trinajstić information content (AvgIpc) is 2.45. The zero-order chi connectivity index (χ0) is 18.3. The van der Waals surface area contributed by atoms with Crippen LogP contribution in [0.1, 0.15) is 81.3 Å². The molecular formula is C20H28O4. The summed E-state index contributed by atoms with van der Waals surface area (Å²) in [6, 6.07) is 3.16. The number of carbonyl (C=O) groups excluding carboxylic acids is 1. The first-order chi connectivity index (χ1) is 11.0. The van der Waals surface area contributed by atoms with Gasteiger partial charge in [0.15, 0.2) is 0 Å². The number of phenols is 1. The Morgan fingerprint density at radius 1 is 1.25 bits per heavy atom. The van der Waals surface area contributed by atoms with Gasteiger partial charge in [-0.1, -0.05) is 41.0 Å². The molecule has 0 spiro atoms. The van der Waals surface area contributed by atoms with Crippen molar-refractivity contribution in [3.63, 3.8) is 0 Å². The summed E-state index contributed by atoms with van der Waals surface area (Å²) < 4.78 is 0. The molecule has 4 nitrogen and oxygen atoms in total. The lowest BCUT2D eigenvalue weighted by Crippen LogP contribution is -2.46. The number of aromatic hydroxyl groups is 1. The molecule has 2 N–H and O–H groups in total. The van der Waals surface area contributed by atoms with Crippen LogP contribution in [0.15, 0.2) is 12.1 Å². The highest BCUT2D eigenvalue weighted by molar-refractivity contribution is 5.91. The third kappa shape index (κ3) is 2.94. The van der Waals surface area contributed by atoms with Crippen LogP contribution in [0.25, 0.3) is 0 Å². The summed E-state index contributed by atoms with van der Waals surface area (Å²) in [5.74, 6) is -1.17. The van der Waals surface area contributed by atoms with E-state index in [0.29, 0.717) is 11.1 Å². The van der Waals surface area contributed by atoms with E-state index in [4.69, 9.17) is 0 Å². The molecule has 1 aromatic carbocycles. The van der Waals surface area contributed by atoms with Crippen LogP contribution in [0.2, 0.25) is 0 Å². The molecule has 2 atom stereocenters. The Morgan fingerprint density at radius 3 is 2.38 bits per heavy atom. The molecule has 1 aliphatic carbocycles. The van der Waals surface area contributed by atoms with Crippen LogP contribution in [0.4, 0.5) is 0 Å². The van der Waals surface area contributed by atoms with Crippen LogP contribution >= 0.6 is 0 Å². The molecule has 0 radical (unpaired) electrons. The molecule has 0 aliphatic heterocycles. The van der Waals surface area contributed by atoms with Crippen LogP contribution in [0, 0.1) is 11.3 Å². The van der Waals surface area contributed by atoms with Crippen molar-refractivity contribution in [3.05, 3.63) is 28.8 Å². The molecule has 0 bridgehead atoms. The van der Waals surface area contributed by atoms with E-state index in [1.807, 2.05) is 20.8 Å². The number of carbonyl (C=O) groups is 2. The van der Waals surface area contributed by atoms with Gasteiger partial charge < -0.3 is 15.0 Å². The average molecular weight is 332 g/mol. The second-order valence-electron chi connectivity index (χ2n) is 8.29. The van der Waals surface area contributed by atoms with E-state index in [2.05, 4.69) is 13.8 Å². The Kier molecular flexibility index (Phi) is 4.80. The zero-order valence-corrected chi connectivity index (χ0v) is 15.2.